The molecule has 5 rings (SSSR count). The van der Waals surface area contributed by atoms with Crippen LogP contribution in [0.5, 0.6) is 17.2 Å². The van der Waals surface area contributed by atoms with Crippen molar-refractivity contribution in [2.75, 3.05) is 13.2 Å². The van der Waals surface area contributed by atoms with Gasteiger partial charge in [0.25, 0.3) is 0 Å². The van der Waals surface area contributed by atoms with E-state index in [-0.39, 0.29) is 18.5 Å². The van der Waals surface area contributed by atoms with Crippen LogP contribution in [-0.2, 0) is 17.9 Å². The Labute approximate surface area is 168 Å². The second kappa shape index (κ2) is 7.16. The van der Waals surface area contributed by atoms with Crippen LogP contribution in [0.1, 0.15) is 24.1 Å². The molecule has 0 spiro atoms. The molecule has 0 bridgehead atoms. The fourth-order valence-electron chi connectivity index (χ4n) is 3.74. The Kier molecular flexibility index (Phi) is 4.35. The van der Waals surface area contributed by atoms with Crippen molar-refractivity contribution in [2.24, 2.45) is 0 Å². The topological polar surface area (TPSA) is 74.6 Å². The highest BCUT2D eigenvalue weighted by molar-refractivity contribution is 5.78. The van der Waals surface area contributed by atoms with E-state index in [2.05, 4.69) is 10.4 Å². The summed E-state index contributed by atoms with van der Waals surface area (Å²) in [5.74, 6) is 2.16. The lowest BCUT2D eigenvalue weighted by atomic mass is 10.0. The van der Waals surface area contributed by atoms with Crippen LogP contribution < -0.4 is 19.5 Å². The molecule has 0 fully saturated rings. The summed E-state index contributed by atoms with van der Waals surface area (Å²) in [6, 6.07) is 13.4. The molecule has 148 valence electrons. The van der Waals surface area contributed by atoms with Gasteiger partial charge in [0.05, 0.1) is 17.9 Å². The van der Waals surface area contributed by atoms with Gasteiger partial charge >= 0.3 is 0 Å². The molecule has 1 amide bonds. The Balaban J connectivity index is 1.32. The van der Waals surface area contributed by atoms with Gasteiger partial charge in [0.2, 0.25) is 5.91 Å². The van der Waals surface area contributed by atoms with E-state index in [1.165, 1.54) is 0 Å². The standard InChI is InChI=1S/C22H21N3O4/c1-14(15-6-7-19-20(10-15)28-9-8-27-19)24-21(26)12-25-22-16(11-23-25)13-29-18-5-3-2-4-17(18)22/h2-7,10-11,14H,8-9,12-13H2,1H3,(H,24,26)/t14-/m0/s1. The average molecular weight is 391 g/mol. The monoisotopic (exact) mass is 391 g/mol. The van der Waals surface area contributed by atoms with Crippen molar-refractivity contribution < 1.29 is 19.0 Å². The molecular weight excluding hydrogens is 370 g/mol. The first-order valence-electron chi connectivity index (χ1n) is 9.65. The molecule has 7 heteroatoms. The van der Waals surface area contributed by atoms with Crippen molar-refractivity contribution in [3.05, 3.63) is 59.8 Å². The SMILES string of the molecule is C[C@H](NC(=O)Cn1ncc2c1-c1ccccc1OC2)c1ccc2c(c1)OCCO2. The largest absolute Gasteiger partial charge is 0.488 e. The number of amides is 1. The number of carbonyl (C=O) groups excluding carboxylic acids is 1. The third-order valence-electron chi connectivity index (χ3n) is 5.18. The summed E-state index contributed by atoms with van der Waals surface area (Å²) in [5.41, 5.74) is 3.84. The first-order valence-corrected chi connectivity index (χ1v) is 9.65. The normalized spacial score (nSPS) is 14.9. The zero-order valence-electron chi connectivity index (χ0n) is 16.1. The van der Waals surface area contributed by atoms with E-state index in [0.29, 0.717) is 25.6 Å². The molecule has 2 aliphatic heterocycles. The Bertz CT molecular complexity index is 1080. The first-order chi connectivity index (χ1) is 14.2. The van der Waals surface area contributed by atoms with E-state index in [1.54, 1.807) is 10.9 Å². The van der Waals surface area contributed by atoms with Crippen molar-refractivity contribution in [3.8, 4) is 28.5 Å². The van der Waals surface area contributed by atoms with Gasteiger partial charge in [-0.3, -0.25) is 9.48 Å². The molecule has 1 aromatic heterocycles. The van der Waals surface area contributed by atoms with Crippen LogP contribution in [-0.4, -0.2) is 28.9 Å². The van der Waals surface area contributed by atoms with Crippen molar-refractivity contribution >= 4 is 5.91 Å². The summed E-state index contributed by atoms with van der Waals surface area (Å²) >= 11 is 0. The van der Waals surface area contributed by atoms with Crippen LogP contribution in [0, 0.1) is 0 Å². The van der Waals surface area contributed by atoms with Crippen molar-refractivity contribution in [2.45, 2.75) is 26.1 Å². The number of hydrogen-bond acceptors (Lipinski definition) is 5. The number of para-hydroxylation sites is 1. The molecule has 29 heavy (non-hydrogen) atoms. The summed E-state index contributed by atoms with van der Waals surface area (Å²) in [5, 5.41) is 7.46. The maximum absolute atomic E-state index is 12.7. The number of ether oxygens (including phenoxy) is 3. The predicted octanol–water partition coefficient (Wildman–Crippen LogP) is 3.09. The van der Waals surface area contributed by atoms with Gasteiger partial charge in [-0.1, -0.05) is 18.2 Å². The Morgan fingerprint density at radius 1 is 1.10 bits per heavy atom. The van der Waals surface area contributed by atoms with Gasteiger partial charge in [0.1, 0.15) is 32.1 Å². The lowest BCUT2D eigenvalue weighted by molar-refractivity contribution is -0.122. The van der Waals surface area contributed by atoms with Crippen molar-refractivity contribution in [1.82, 2.24) is 15.1 Å². The fraction of sp³-hybridized carbons (Fsp3) is 0.273. The molecule has 0 unspecified atom stereocenters. The molecule has 0 radical (unpaired) electrons. The molecule has 0 aliphatic carbocycles. The lowest BCUT2D eigenvalue weighted by Crippen LogP contribution is -2.31. The van der Waals surface area contributed by atoms with Crippen molar-refractivity contribution in [3.63, 3.8) is 0 Å². The van der Waals surface area contributed by atoms with Crippen LogP contribution in [0.2, 0.25) is 0 Å². The smallest absolute Gasteiger partial charge is 0.242 e. The van der Waals surface area contributed by atoms with Crippen LogP contribution >= 0.6 is 0 Å². The summed E-state index contributed by atoms with van der Waals surface area (Å²) in [4.78, 5) is 12.7. The van der Waals surface area contributed by atoms with Crippen LogP contribution in [0.15, 0.2) is 48.7 Å². The van der Waals surface area contributed by atoms with Crippen molar-refractivity contribution in [1.29, 1.82) is 0 Å². The van der Waals surface area contributed by atoms with Gasteiger partial charge in [-0.05, 0) is 36.8 Å². The number of rotatable bonds is 4. The zero-order valence-corrected chi connectivity index (χ0v) is 16.1. The highest BCUT2D eigenvalue weighted by Crippen LogP contribution is 2.37. The lowest BCUT2D eigenvalue weighted by Gasteiger charge is -2.21. The second-order valence-electron chi connectivity index (χ2n) is 7.15. The van der Waals surface area contributed by atoms with E-state index < -0.39 is 0 Å². The van der Waals surface area contributed by atoms with Crippen LogP contribution in [0.25, 0.3) is 11.3 Å². The molecule has 3 aromatic rings. The first kappa shape index (κ1) is 17.6. The number of nitrogens with one attached hydrogen (secondary N) is 1. The van der Waals surface area contributed by atoms with Gasteiger partial charge in [0, 0.05) is 11.1 Å². The molecule has 0 saturated heterocycles. The number of nitrogens with zero attached hydrogens (tertiary/aromatic N) is 2. The van der Waals surface area contributed by atoms with E-state index in [1.807, 2.05) is 49.4 Å². The molecule has 7 nitrogen and oxygen atoms in total. The quantitative estimate of drug-likeness (QED) is 0.740. The molecule has 3 heterocycles. The minimum absolute atomic E-state index is 0.109. The van der Waals surface area contributed by atoms with E-state index in [0.717, 1.165) is 33.9 Å². The Morgan fingerprint density at radius 2 is 1.93 bits per heavy atom. The van der Waals surface area contributed by atoms with Gasteiger partial charge < -0.3 is 19.5 Å². The predicted molar refractivity (Wildman–Crippen MR) is 106 cm³/mol. The van der Waals surface area contributed by atoms with Gasteiger partial charge in [-0.15, -0.1) is 0 Å². The molecule has 2 aromatic carbocycles. The maximum atomic E-state index is 12.7. The number of carbonyl (C=O) groups is 1. The van der Waals surface area contributed by atoms with E-state index >= 15 is 0 Å². The molecule has 1 N–H and O–H groups in total. The number of hydrogen-bond donors (Lipinski definition) is 1. The van der Waals surface area contributed by atoms with Crippen LogP contribution in [0.3, 0.4) is 0 Å². The summed E-state index contributed by atoms with van der Waals surface area (Å²) in [6.45, 7) is 3.64. The molecular formula is C22H21N3O4. The highest BCUT2D eigenvalue weighted by Gasteiger charge is 2.23. The zero-order chi connectivity index (χ0) is 19.8. The van der Waals surface area contributed by atoms with Gasteiger partial charge in [0.15, 0.2) is 11.5 Å². The second-order valence-corrected chi connectivity index (χ2v) is 7.15. The highest BCUT2D eigenvalue weighted by atomic mass is 16.6. The minimum atomic E-state index is -0.166. The van der Waals surface area contributed by atoms with E-state index in [4.69, 9.17) is 14.2 Å². The Morgan fingerprint density at radius 3 is 2.83 bits per heavy atom. The molecule has 1 atom stereocenters. The maximum Gasteiger partial charge on any atom is 0.242 e. The van der Waals surface area contributed by atoms with Gasteiger partial charge in [-0.2, -0.15) is 5.10 Å². The van der Waals surface area contributed by atoms with Gasteiger partial charge in [-0.25, -0.2) is 0 Å². The van der Waals surface area contributed by atoms with Crippen LogP contribution in [0.4, 0.5) is 0 Å². The summed E-state index contributed by atoms with van der Waals surface area (Å²) < 4.78 is 18.7. The number of benzene rings is 2. The third kappa shape index (κ3) is 3.29. The number of aromatic nitrogens is 2. The molecule has 0 saturated carbocycles. The Hall–Kier alpha value is -3.48. The molecule has 2 aliphatic rings. The third-order valence-corrected chi connectivity index (χ3v) is 5.18. The average Bonchev–Trinajstić information content (AvgIpc) is 3.16. The fourth-order valence-corrected chi connectivity index (χ4v) is 3.74. The summed E-state index contributed by atoms with van der Waals surface area (Å²) in [7, 11) is 0. The number of fused-ring (bicyclic) bond motifs is 4. The minimum Gasteiger partial charge on any atom is -0.488 e. The summed E-state index contributed by atoms with van der Waals surface area (Å²) in [6.07, 6.45) is 1.77. The van der Waals surface area contributed by atoms with E-state index in [9.17, 15) is 4.79 Å².